The van der Waals surface area contributed by atoms with Crippen LogP contribution >= 0.6 is 0 Å². The second-order valence-corrected chi connectivity index (χ2v) is 8.83. The number of nitrogens with zero attached hydrogens (tertiary/aromatic N) is 7. The van der Waals surface area contributed by atoms with Gasteiger partial charge in [0, 0.05) is 43.8 Å². The maximum absolute atomic E-state index is 4.77. The number of aromatic nitrogens is 6. The van der Waals surface area contributed by atoms with Crippen LogP contribution < -0.4 is 10.2 Å². The van der Waals surface area contributed by atoms with Gasteiger partial charge in [0.25, 0.3) is 0 Å². The Labute approximate surface area is 194 Å². The second-order valence-electron chi connectivity index (χ2n) is 8.83. The van der Waals surface area contributed by atoms with E-state index in [4.69, 9.17) is 4.98 Å². The first-order chi connectivity index (χ1) is 16.2. The molecule has 0 bridgehead atoms. The Morgan fingerprint density at radius 2 is 1.97 bits per heavy atom. The number of fused-ring (bicyclic) bond motifs is 1. The summed E-state index contributed by atoms with van der Waals surface area (Å²) in [6.45, 7) is 8.73. The first-order valence-corrected chi connectivity index (χ1v) is 12.0. The fourth-order valence-corrected chi connectivity index (χ4v) is 4.47. The molecule has 1 aliphatic rings. The van der Waals surface area contributed by atoms with Crippen LogP contribution in [-0.4, -0.2) is 49.0 Å². The Morgan fingerprint density at radius 3 is 2.76 bits per heavy atom. The van der Waals surface area contributed by atoms with Gasteiger partial charge in [0.15, 0.2) is 0 Å². The van der Waals surface area contributed by atoms with Crippen LogP contribution in [-0.2, 0) is 13.1 Å². The molecule has 8 nitrogen and oxygen atoms in total. The largest absolute Gasteiger partial charge is 0.370 e. The minimum atomic E-state index is 0.579. The number of hydrogen-bond acceptors (Lipinski definition) is 6. The lowest BCUT2D eigenvalue weighted by molar-refractivity contribution is 0.301. The molecule has 1 aliphatic carbocycles. The first-order valence-electron chi connectivity index (χ1n) is 12.0. The molecule has 0 unspecified atom stereocenters. The Balaban J connectivity index is 1.29. The van der Waals surface area contributed by atoms with Crippen LogP contribution in [0.3, 0.4) is 0 Å². The van der Waals surface area contributed by atoms with Crippen molar-refractivity contribution in [2.24, 2.45) is 5.92 Å². The Hall–Kier alpha value is -3.26. The molecule has 8 heteroatoms. The van der Waals surface area contributed by atoms with Gasteiger partial charge < -0.3 is 14.6 Å². The van der Waals surface area contributed by atoms with Crippen molar-refractivity contribution in [3.63, 3.8) is 0 Å². The van der Waals surface area contributed by atoms with Gasteiger partial charge in [0.05, 0.1) is 30.3 Å². The van der Waals surface area contributed by atoms with Crippen LogP contribution in [0.15, 0.2) is 49.2 Å². The highest BCUT2D eigenvalue weighted by atomic mass is 15.4. The average molecular weight is 445 g/mol. The van der Waals surface area contributed by atoms with E-state index in [1.54, 1.807) is 0 Å². The topological polar surface area (TPSA) is 76.2 Å². The molecule has 0 atom stereocenters. The van der Waals surface area contributed by atoms with Crippen molar-refractivity contribution in [1.29, 1.82) is 0 Å². The molecule has 33 heavy (non-hydrogen) atoms. The summed E-state index contributed by atoms with van der Waals surface area (Å²) < 4.78 is 3.96. The molecule has 1 saturated carbocycles. The molecule has 0 amide bonds. The fourth-order valence-electron chi connectivity index (χ4n) is 4.47. The molecule has 0 aliphatic heterocycles. The standard InChI is InChI=1S/C25H32N8/c1-3-31(4-2)24-14-26-11-10-22(24)23-18-33(30-29-23)17-21-16-32-15-20(8-9-25(32)28-21)13-27-12-19-6-5-7-19/h8-11,14-16,18-19,27H,3-7,12-13,17H2,1-2H3. The molecular weight excluding hydrogens is 412 g/mol. The number of imidazole rings is 1. The highest BCUT2D eigenvalue weighted by Gasteiger charge is 2.16. The molecular formula is C25H32N8. The van der Waals surface area contributed by atoms with Gasteiger partial charge in [0.2, 0.25) is 0 Å². The molecule has 0 radical (unpaired) electrons. The zero-order valence-electron chi connectivity index (χ0n) is 19.5. The van der Waals surface area contributed by atoms with Crippen LogP contribution in [0.25, 0.3) is 16.9 Å². The van der Waals surface area contributed by atoms with E-state index in [0.717, 1.165) is 60.4 Å². The predicted octanol–water partition coefficient (Wildman–Crippen LogP) is 3.77. The van der Waals surface area contributed by atoms with Gasteiger partial charge in [-0.15, -0.1) is 5.10 Å². The first kappa shape index (κ1) is 21.6. The molecule has 0 spiro atoms. The third-order valence-electron chi connectivity index (χ3n) is 6.59. The van der Waals surface area contributed by atoms with Gasteiger partial charge in [-0.3, -0.25) is 4.98 Å². The molecule has 5 rings (SSSR count). The smallest absolute Gasteiger partial charge is 0.137 e. The summed E-state index contributed by atoms with van der Waals surface area (Å²) in [5.41, 5.74) is 6.17. The van der Waals surface area contributed by atoms with E-state index in [1.165, 1.54) is 24.8 Å². The summed E-state index contributed by atoms with van der Waals surface area (Å²) in [4.78, 5) is 11.4. The molecule has 1 fully saturated rings. The summed E-state index contributed by atoms with van der Waals surface area (Å²) in [5, 5.41) is 12.4. The van der Waals surface area contributed by atoms with Crippen molar-refractivity contribution < 1.29 is 0 Å². The Kier molecular flexibility index (Phi) is 6.35. The third kappa shape index (κ3) is 4.75. The highest BCUT2D eigenvalue weighted by molar-refractivity contribution is 5.74. The van der Waals surface area contributed by atoms with Gasteiger partial charge in [-0.1, -0.05) is 17.7 Å². The van der Waals surface area contributed by atoms with Crippen molar-refractivity contribution in [2.75, 3.05) is 24.5 Å². The van der Waals surface area contributed by atoms with Crippen molar-refractivity contribution >= 4 is 11.3 Å². The molecule has 4 aromatic rings. The third-order valence-corrected chi connectivity index (χ3v) is 6.59. The number of hydrogen-bond donors (Lipinski definition) is 1. The second kappa shape index (κ2) is 9.70. The average Bonchev–Trinajstić information content (AvgIpc) is 3.43. The van der Waals surface area contributed by atoms with Gasteiger partial charge in [-0.05, 0) is 56.8 Å². The van der Waals surface area contributed by atoms with E-state index < -0.39 is 0 Å². The summed E-state index contributed by atoms with van der Waals surface area (Å²) in [7, 11) is 0. The summed E-state index contributed by atoms with van der Waals surface area (Å²) >= 11 is 0. The minimum absolute atomic E-state index is 0.579. The highest BCUT2D eigenvalue weighted by Crippen LogP contribution is 2.28. The lowest BCUT2D eigenvalue weighted by atomic mass is 9.85. The zero-order valence-corrected chi connectivity index (χ0v) is 19.5. The van der Waals surface area contributed by atoms with E-state index in [9.17, 15) is 0 Å². The van der Waals surface area contributed by atoms with E-state index in [-0.39, 0.29) is 0 Å². The van der Waals surface area contributed by atoms with E-state index in [1.807, 2.05) is 29.3 Å². The Morgan fingerprint density at radius 1 is 1.09 bits per heavy atom. The quantitative estimate of drug-likeness (QED) is 0.401. The SMILES string of the molecule is CCN(CC)c1cnccc1-c1cn(Cc2cn3cc(CNCC4CCC4)ccc3n2)nn1. The van der Waals surface area contributed by atoms with Crippen molar-refractivity contribution in [2.45, 2.75) is 46.2 Å². The zero-order chi connectivity index (χ0) is 22.6. The van der Waals surface area contributed by atoms with Crippen LogP contribution in [0, 0.1) is 5.92 Å². The number of rotatable bonds is 10. The summed E-state index contributed by atoms with van der Waals surface area (Å²) in [6, 6.07) is 6.25. The number of nitrogens with one attached hydrogen (secondary N) is 1. The van der Waals surface area contributed by atoms with E-state index in [0.29, 0.717) is 6.54 Å². The van der Waals surface area contributed by atoms with Crippen LogP contribution in [0.1, 0.15) is 44.4 Å². The molecule has 0 saturated heterocycles. The lowest BCUT2D eigenvalue weighted by Gasteiger charge is -2.25. The molecule has 4 aromatic heterocycles. The molecule has 4 heterocycles. The maximum Gasteiger partial charge on any atom is 0.137 e. The number of anilines is 1. The van der Waals surface area contributed by atoms with Crippen LogP contribution in [0.2, 0.25) is 0 Å². The normalized spacial score (nSPS) is 14.0. The van der Waals surface area contributed by atoms with Crippen molar-refractivity contribution in [3.05, 3.63) is 60.4 Å². The predicted molar refractivity (Wildman–Crippen MR) is 130 cm³/mol. The molecule has 1 N–H and O–H groups in total. The lowest BCUT2D eigenvalue weighted by Crippen LogP contribution is -2.26. The Bertz CT molecular complexity index is 1200. The summed E-state index contributed by atoms with van der Waals surface area (Å²) in [5.74, 6) is 0.872. The van der Waals surface area contributed by atoms with Crippen LogP contribution in [0.4, 0.5) is 5.69 Å². The fraction of sp³-hybridized carbons (Fsp3) is 0.440. The van der Waals surface area contributed by atoms with Crippen LogP contribution in [0.5, 0.6) is 0 Å². The van der Waals surface area contributed by atoms with E-state index in [2.05, 4.69) is 68.3 Å². The monoisotopic (exact) mass is 444 g/mol. The maximum atomic E-state index is 4.77. The van der Waals surface area contributed by atoms with Crippen molar-refractivity contribution in [1.82, 2.24) is 34.7 Å². The molecule has 0 aromatic carbocycles. The summed E-state index contributed by atoms with van der Waals surface area (Å²) in [6.07, 6.45) is 14.1. The minimum Gasteiger partial charge on any atom is -0.370 e. The van der Waals surface area contributed by atoms with Gasteiger partial charge in [-0.2, -0.15) is 0 Å². The van der Waals surface area contributed by atoms with Crippen molar-refractivity contribution in [3.8, 4) is 11.3 Å². The van der Waals surface area contributed by atoms with Gasteiger partial charge >= 0.3 is 0 Å². The number of pyridine rings is 2. The van der Waals surface area contributed by atoms with E-state index >= 15 is 0 Å². The van der Waals surface area contributed by atoms with Gasteiger partial charge in [0.1, 0.15) is 11.3 Å². The van der Waals surface area contributed by atoms with Gasteiger partial charge in [-0.25, -0.2) is 9.67 Å². The molecule has 172 valence electrons.